The van der Waals surface area contributed by atoms with E-state index in [9.17, 15) is 18.3 Å². The lowest BCUT2D eigenvalue weighted by molar-refractivity contribution is -0.148. The van der Waals surface area contributed by atoms with Crippen LogP contribution in [0.1, 0.15) is 46.0 Å². The van der Waals surface area contributed by atoms with Crippen molar-refractivity contribution in [2.45, 2.75) is 46.0 Å². The van der Waals surface area contributed by atoms with Gasteiger partial charge in [-0.1, -0.05) is 26.7 Å². The van der Waals surface area contributed by atoms with E-state index < -0.39 is 21.4 Å². The zero-order valence-electron chi connectivity index (χ0n) is 11.2. The van der Waals surface area contributed by atoms with Crippen LogP contribution < -0.4 is 0 Å². The van der Waals surface area contributed by atoms with Gasteiger partial charge in [0, 0.05) is 13.1 Å². The molecule has 1 saturated heterocycles. The SMILES string of the molecule is CCCCS(=O)(=O)N1CCC(CCC)(C(=O)O)C1. The van der Waals surface area contributed by atoms with Crippen LogP contribution in [0.2, 0.25) is 0 Å². The highest BCUT2D eigenvalue weighted by Crippen LogP contribution is 2.36. The molecule has 1 unspecified atom stereocenters. The zero-order valence-corrected chi connectivity index (χ0v) is 12.0. The van der Waals surface area contributed by atoms with Crippen molar-refractivity contribution in [2.75, 3.05) is 18.8 Å². The molecule has 18 heavy (non-hydrogen) atoms. The molecule has 1 aliphatic heterocycles. The van der Waals surface area contributed by atoms with E-state index in [0.717, 1.165) is 12.8 Å². The Labute approximate surface area is 109 Å². The molecule has 6 heteroatoms. The average molecular weight is 277 g/mol. The van der Waals surface area contributed by atoms with Crippen LogP contribution >= 0.6 is 0 Å². The molecule has 0 aromatic carbocycles. The van der Waals surface area contributed by atoms with Gasteiger partial charge in [0.15, 0.2) is 0 Å². The van der Waals surface area contributed by atoms with Crippen LogP contribution in [0, 0.1) is 5.41 Å². The maximum atomic E-state index is 12.0. The summed E-state index contributed by atoms with van der Waals surface area (Å²) < 4.78 is 25.4. The Morgan fingerprint density at radius 2 is 2.00 bits per heavy atom. The maximum Gasteiger partial charge on any atom is 0.311 e. The van der Waals surface area contributed by atoms with E-state index in [1.165, 1.54) is 4.31 Å². The maximum absolute atomic E-state index is 12.0. The number of unbranched alkanes of at least 4 members (excludes halogenated alkanes) is 1. The highest BCUT2D eigenvalue weighted by molar-refractivity contribution is 7.89. The van der Waals surface area contributed by atoms with E-state index in [1.807, 2.05) is 13.8 Å². The highest BCUT2D eigenvalue weighted by Gasteiger charge is 2.47. The summed E-state index contributed by atoms with van der Waals surface area (Å²) in [6.07, 6.45) is 3.19. The van der Waals surface area contributed by atoms with Gasteiger partial charge in [-0.3, -0.25) is 4.79 Å². The fourth-order valence-corrected chi connectivity index (χ4v) is 4.22. The smallest absolute Gasteiger partial charge is 0.311 e. The number of sulfonamides is 1. The minimum absolute atomic E-state index is 0.130. The number of rotatable bonds is 7. The van der Waals surface area contributed by atoms with Gasteiger partial charge in [-0.15, -0.1) is 0 Å². The number of hydrogen-bond acceptors (Lipinski definition) is 3. The first-order valence-electron chi connectivity index (χ1n) is 6.59. The van der Waals surface area contributed by atoms with Gasteiger partial charge in [-0.05, 0) is 19.3 Å². The number of nitrogens with zero attached hydrogens (tertiary/aromatic N) is 1. The lowest BCUT2D eigenvalue weighted by Crippen LogP contribution is -2.37. The Morgan fingerprint density at radius 1 is 1.33 bits per heavy atom. The lowest BCUT2D eigenvalue weighted by Gasteiger charge is -2.24. The first-order chi connectivity index (χ1) is 8.38. The molecule has 0 aromatic heterocycles. The molecule has 106 valence electrons. The standard InChI is InChI=1S/C12H23NO4S/c1-3-5-9-18(16,17)13-8-7-12(10-13,6-4-2)11(14)15/h3-10H2,1-2H3,(H,14,15). The Balaban J connectivity index is 2.77. The Kier molecular flexibility index (Phi) is 5.16. The molecular weight excluding hydrogens is 254 g/mol. The van der Waals surface area contributed by atoms with Gasteiger partial charge in [0.1, 0.15) is 0 Å². The normalized spacial score (nSPS) is 25.4. The predicted molar refractivity (Wildman–Crippen MR) is 69.9 cm³/mol. The topological polar surface area (TPSA) is 74.7 Å². The first kappa shape index (κ1) is 15.4. The number of carboxylic acids is 1. The molecule has 1 atom stereocenters. The molecule has 1 fully saturated rings. The van der Waals surface area contributed by atoms with Crippen LogP contribution in [-0.2, 0) is 14.8 Å². The van der Waals surface area contributed by atoms with Crippen molar-refractivity contribution in [2.24, 2.45) is 5.41 Å². The van der Waals surface area contributed by atoms with Crippen LogP contribution in [0.25, 0.3) is 0 Å². The van der Waals surface area contributed by atoms with Gasteiger partial charge in [0.05, 0.1) is 11.2 Å². The summed E-state index contributed by atoms with van der Waals surface area (Å²) in [6, 6.07) is 0. The molecule has 1 heterocycles. The van der Waals surface area contributed by atoms with Crippen molar-refractivity contribution < 1.29 is 18.3 Å². The van der Waals surface area contributed by atoms with E-state index in [4.69, 9.17) is 0 Å². The van der Waals surface area contributed by atoms with Crippen molar-refractivity contribution in [3.05, 3.63) is 0 Å². The molecule has 0 saturated carbocycles. The summed E-state index contributed by atoms with van der Waals surface area (Å²) in [5.41, 5.74) is -0.867. The molecule has 1 aliphatic rings. The summed E-state index contributed by atoms with van der Waals surface area (Å²) in [5.74, 6) is -0.733. The minimum atomic E-state index is -3.28. The summed E-state index contributed by atoms with van der Waals surface area (Å²) in [4.78, 5) is 11.4. The lowest BCUT2D eigenvalue weighted by atomic mass is 9.83. The number of carbonyl (C=O) groups is 1. The second-order valence-corrected chi connectivity index (χ2v) is 7.18. The highest BCUT2D eigenvalue weighted by atomic mass is 32.2. The molecule has 0 spiro atoms. The zero-order chi connectivity index (χ0) is 13.8. The van der Waals surface area contributed by atoms with Gasteiger partial charge in [-0.25, -0.2) is 12.7 Å². The molecule has 0 aromatic rings. The Hall–Kier alpha value is -0.620. The predicted octanol–water partition coefficient (Wildman–Crippen LogP) is 1.69. The van der Waals surface area contributed by atoms with Crippen molar-refractivity contribution in [1.82, 2.24) is 4.31 Å². The van der Waals surface area contributed by atoms with E-state index in [0.29, 0.717) is 25.8 Å². The van der Waals surface area contributed by atoms with E-state index in [-0.39, 0.29) is 12.3 Å². The Bertz CT molecular complexity index is 393. The quantitative estimate of drug-likeness (QED) is 0.768. The fraction of sp³-hybridized carbons (Fsp3) is 0.917. The van der Waals surface area contributed by atoms with Crippen molar-refractivity contribution in [1.29, 1.82) is 0 Å². The third-order valence-corrected chi connectivity index (χ3v) is 5.55. The second kappa shape index (κ2) is 6.02. The molecule has 1 rings (SSSR count). The second-order valence-electron chi connectivity index (χ2n) is 5.09. The van der Waals surface area contributed by atoms with Crippen LogP contribution in [0.15, 0.2) is 0 Å². The van der Waals surface area contributed by atoms with Gasteiger partial charge in [0.2, 0.25) is 10.0 Å². The molecule has 0 radical (unpaired) electrons. The number of carboxylic acid groups (broad SMARTS) is 1. The van der Waals surface area contributed by atoms with E-state index in [1.54, 1.807) is 0 Å². The van der Waals surface area contributed by atoms with Gasteiger partial charge < -0.3 is 5.11 Å². The van der Waals surface area contributed by atoms with Gasteiger partial charge >= 0.3 is 5.97 Å². The summed E-state index contributed by atoms with van der Waals surface area (Å²) in [6.45, 7) is 4.36. The average Bonchev–Trinajstić information content (AvgIpc) is 2.73. The fourth-order valence-electron chi connectivity index (χ4n) is 2.49. The molecule has 0 aliphatic carbocycles. The largest absolute Gasteiger partial charge is 0.481 e. The van der Waals surface area contributed by atoms with Crippen LogP contribution in [0.3, 0.4) is 0 Å². The number of hydrogen-bond donors (Lipinski definition) is 1. The number of aliphatic carboxylic acids is 1. The van der Waals surface area contributed by atoms with Crippen LogP contribution in [0.4, 0.5) is 0 Å². The molecule has 0 bridgehead atoms. The summed E-state index contributed by atoms with van der Waals surface area (Å²) in [7, 11) is -3.28. The molecular formula is C12H23NO4S. The minimum Gasteiger partial charge on any atom is -0.481 e. The van der Waals surface area contributed by atoms with E-state index in [2.05, 4.69) is 0 Å². The van der Waals surface area contributed by atoms with Crippen molar-refractivity contribution >= 4 is 16.0 Å². The van der Waals surface area contributed by atoms with Gasteiger partial charge in [-0.2, -0.15) is 0 Å². The van der Waals surface area contributed by atoms with Gasteiger partial charge in [0.25, 0.3) is 0 Å². The third kappa shape index (κ3) is 3.23. The summed E-state index contributed by atoms with van der Waals surface area (Å²) in [5, 5.41) is 9.33. The third-order valence-electron chi connectivity index (χ3n) is 3.65. The molecule has 5 nitrogen and oxygen atoms in total. The Morgan fingerprint density at radius 3 is 2.50 bits per heavy atom. The van der Waals surface area contributed by atoms with Crippen molar-refractivity contribution in [3.8, 4) is 0 Å². The molecule has 1 N–H and O–H groups in total. The van der Waals surface area contributed by atoms with E-state index >= 15 is 0 Å². The van der Waals surface area contributed by atoms with Crippen molar-refractivity contribution in [3.63, 3.8) is 0 Å². The van der Waals surface area contributed by atoms with Crippen LogP contribution in [0.5, 0.6) is 0 Å². The summed E-state index contributed by atoms with van der Waals surface area (Å²) >= 11 is 0. The first-order valence-corrected chi connectivity index (χ1v) is 8.20. The van der Waals surface area contributed by atoms with Crippen LogP contribution in [-0.4, -0.2) is 42.6 Å². The monoisotopic (exact) mass is 277 g/mol. The molecule has 0 amide bonds.